The molecule has 188 valence electrons. The number of hydrogen-bond acceptors (Lipinski definition) is 8. The van der Waals surface area contributed by atoms with Crippen molar-refractivity contribution in [2.24, 2.45) is 0 Å². The van der Waals surface area contributed by atoms with Gasteiger partial charge in [-0.2, -0.15) is 0 Å². The Morgan fingerprint density at radius 1 is 1.17 bits per heavy atom. The molecular formula is C26H33FN4O4. The van der Waals surface area contributed by atoms with Crippen LogP contribution in [-0.2, 0) is 20.6 Å². The first kappa shape index (κ1) is 24.0. The van der Waals surface area contributed by atoms with Gasteiger partial charge in [0.05, 0.1) is 24.3 Å². The molecule has 1 aliphatic carbocycles. The number of pyridine rings is 2. The maximum atomic E-state index is 14.6. The Bertz CT molecular complexity index is 1110. The summed E-state index contributed by atoms with van der Waals surface area (Å²) >= 11 is 0. The van der Waals surface area contributed by atoms with Crippen LogP contribution < -0.4 is 10.1 Å². The van der Waals surface area contributed by atoms with E-state index >= 15 is 0 Å². The lowest BCUT2D eigenvalue weighted by atomic mass is 9.98. The summed E-state index contributed by atoms with van der Waals surface area (Å²) in [5.41, 5.74) is 3.15. The molecule has 3 aliphatic rings. The average molecular weight is 485 g/mol. The Hall–Kier alpha value is -2.75. The fourth-order valence-electron chi connectivity index (χ4n) is 5.03. The molecule has 0 bridgehead atoms. The molecular weight excluding hydrogens is 451 g/mol. The van der Waals surface area contributed by atoms with E-state index in [4.69, 9.17) is 18.9 Å². The van der Waals surface area contributed by atoms with Crippen LogP contribution in [0.5, 0.6) is 5.88 Å². The van der Waals surface area contributed by atoms with Crippen molar-refractivity contribution in [2.45, 2.75) is 37.8 Å². The second-order valence-corrected chi connectivity index (χ2v) is 9.21. The molecule has 5 rings (SSSR count). The highest BCUT2D eigenvalue weighted by Gasteiger charge is 2.29. The minimum absolute atomic E-state index is 0.0759. The average Bonchev–Trinajstić information content (AvgIpc) is 2.91. The fourth-order valence-corrected chi connectivity index (χ4v) is 5.03. The van der Waals surface area contributed by atoms with Crippen LogP contribution in [0.3, 0.4) is 0 Å². The zero-order valence-electron chi connectivity index (χ0n) is 20.4. The third-order valence-corrected chi connectivity index (χ3v) is 7.03. The molecule has 9 heteroatoms. The van der Waals surface area contributed by atoms with Gasteiger partial charge < -0.3 is 29.2 Å². The van der Waals surface area contributed by atoms with Gasteiger partial charge in [-0.3, -0.25) is 4.98 Å². The molecule has 0 saturated carbocycles. The zero-order chi connectivity index (χ0) is 24.2. The van der Waals surface area contributed by atoms with E-state index in [1.807, 2.05) is 6.07 Å². The van der Waals surface area contributed by atoms with Crippen molar-refractivity contribution < 1.29 is 23.3 Å². The van der Waals surface area contributed by atoms with E-state index in [2.05, 4.69) is 26.3 Å². The highest BCUT2D eigenvalue weighted by atomic mass is 19.1. The summed E-state index contributed by atoms with van der Waals surface area (Å²) in [6.45, 7) is 4.71. The molecule has 0 amide bonds. The smallest absolute Gasteiger partial charge is 0.213 e. The van der Waals surface area contributed by atoms with E-state index in [1.54, 1.807) is 20.3 Å². The van der Waals surface area contributed by atoms with Gasteiger partial charge in [-0.15, -0.1) is 0 Å². The number of aromatic nitrogens is 2. The lowest BCUT2D eigenvalue weighted by Gasteiger charge is -2.34. The standard InChI is InChI=1S/C26H33FN4O4/c1-32-22-13-17(14-23-26(22)35-12-11-34-23)15-28-18-5-8-31(9-6-18)10-7-19-20(27)16-29-21-3-4-24(33-2)30-25(19)21/h3-4,14,16,18,22,28H,5-13,15H2,1-2H3. The molecule has 2 aromatic heterocycles. The molecule has 35 heavy (non-hydrogen) atoms. The molecule has 0 aromatic carbocycles. The van der Waals surface area contributed by atoms with Crippen molar-refractivity contribution in [3.63, 3.8) is 0 Å². The summed E-state index contributed by atoms with van der Waals surface area (Å²) in [4.78, 5) is 11.0. The molecule has 2 aromatic rings. The number of piperidine rings is 1. The van der Waals surface area contributed by atoms with Gasteiger partial charge in [0.25, 0.3) is 0 Å². The molecule has 2 aliphatic heterocycles. The number of nitrogens with zero attached hydrogens (tertiary/aromatic N) is 3. The Balaban J connectivity index is 1.13. The van der Waals surface area contributed by atoms with Crippen molar-refractivity contribution in [2.75, 3.05) is 53.6 Å². The predicted octanol–water partition coefficient (Wildman–Crippen LogP) is 2.98. The fraction of sp³-hybridized carbons (Fsp3) is 0.538. The number of halogens is 1. The minimum atomic E-state index is -0.310. The maximum Gasteiger partial charge on any atom is 0.213 e. The lowest BCUT2D eigenvalue weighted by molar-refractivity contribution is 0.00439. The second-order valence-electron chi connectivity index (χ2n) is 9.21. The lowest BCUT2D eigenvalue weighted by Crippen LogP contribution is -2.44. The molecule has 0 radical (unpaired) electrons. The SMILES string of the molecule is COc1ccc2ncc(F)c(CCN3CCC(NCC4=CC5=C(OCCO5)C(OC)C4)CC3)c2n1. The number of fused-ring (bicyclic) bond motifs is 1. The van der Waals surface area contributed by atoms with Crippen LogP contribution >= 0.6 is 0 Å². The molecule has 0 spiro atoms. The van der Waals surface area contributed by atoms with Crippen LogP contribution in [0.25, 0.3) is 11.0 Å². The largest absolute Gasteiger partial charge is 0.488 e. The highest BCUT2D eigenvalue weighted by molar-refractivity contribution is 5.78. The van der Waals surface area contributed by atoms with E-state index in [9.17, 15) is 4.39 Å². The molecule has 1 N–H and O–H groups in total. The molecule has 1 saturated heterocycles. The number of hydrogen-bond donors (Lipinski definition) is 1. The number of nitrogens with one attached hydrogen (secondary N) is 1. The first-order chi connectivity index (χ1) is 17.1. The van der Waals surface area contributed by atoms with Gasteiger partial charge >= 0.3 is 0 Å². The van der Waals surface area contributed by atoms with Gasteiger partial charge in [0.15, 0.2) is 11.5 Å². The van der Waals surface area contributed by atoms with E-state index < -0.39 is 0 Å². The summed E-state index contributed by atoms with van der Waals surface area (Å²) in [6.07, 6.45) is 6.83. The normalized spacial score (nSPS) is 21.3. The summed E-state index contributed by atoms with van der Waals surface area (Å²) in [7, 11) is 3.28. The van der Waals surface area contributed by atoms with Gasteiger partial charge in [0.2, 0.25) is 5.88 Å². The van der Waals surface area contributed by atoms with Crippen LogP contribution in [0.1, 0.15) is 24.8 Å². The summed E-state index contributed by atoms with van der Waals surface area (Å²) < 4.78 is 37.0. The molecule has 1 unspecified atom stereocenters. The van der Waals surface area contributed by atoms with E-state index in [0.717, 1.165) is 57.0 Å². The second kappa shape index (κ2) is 10.9. The number of ether oxygens (including phenoxy) is 4. The molecule has 4 heterocycles. The Labute approximate surface area is 205 Å². The monoisotopic (exact) mass is 484 g/mol. The summed E-state index contributed by atoms with van der Waals surface area (Å²) in [6, 6.07) is 4.03. The molecule has 8 nitrogen and oxygen atoms in total. The van der Waals surface area contributed by atoms with E-state index in [-0.39, 0.29) is 11.9 Å². The Kier molecular flexibility index (Phi) is 7.46. The Morgan fingerprint density at radius 3 is 2.80 bits per heavy atom. The Morgan fingerprint density at radius 2 is 2.00 bits per heavy atom. The highest BCUT2D eigenvalue weighted by Crippen LogP contribution is 2.30. The van der Waals surface area contributed by atoms with Crippen LogP contribution in [0, 0.1) is 5.82 Å². The van der Waals surface area contributed by atoms with Gasteiger partial charge in [-0.25, -0.2) is 9.37 Å². The van der Waals surface area contributed by atoms with Gasteiger partial charge in [-0.1, -0.05) is 0 Å². The first-order valence-corrected chi connectivity index (χ1v) is 12.3. The molecule has 1 fully saturated rings. The van der Waals surface area contributed by atoms with Crippen LogP contribution in [0.2, 0.25) is 0 Å². The van der Waals surface area contributed by atoms with E-state index in [1.165, 1.54) is 11.8 Å². The number of rotatable bonds is 8. The van der Waals surface area contributed by atoms with Crippen molar-refractivity contribution in [1.29, 1.82) is 0 Å². The first-order valence-electron chi connectivity index (χ1n) is 12.3. The summed E-state index contributed by atoms with van der Waals surface area (Å²) in [5.74, 6) is 1.79. The quantitative estimate of drug-likeness (QED) is 0.613. The summed E-state index contributed by atoms with van der Waals surface area (Å²) in [5, 5.41) is 3.71. The van der Waals surface area contributed by atoms with Crippen LogP contribution in [0.15, 0.2) is 41.5 Å². The molecule has 1 atom stereocenters. The van der Waals surface area contributed by atoms with Crippen LogP contribution in [0.4, 0.5) is 4.39 Å². The number of allylic oxidation sites excluding steroid dienone is 1. The van der Waals surface area contributed by atoms with Crippen molar-refractivity contribution in [3.8, 4) is 5.88 Å². The van der Waals surface area contributed by atoms with Crippen molar-refractivity contribution in [3.05, 3.63) is 52.9 Å². The van der Waals surface area contributed by atoms with Gasteiger partial charge in [0, 0.05) is 44.3 Å². The van der Waals surface area contributed by atoms with Gasteiger partial charge in [-0.05, 0) is 50.1 Å². The minimum Gasteiger partial charge on any atom is -0.488 e. The van der Waals surface area contributed by atoms with Gasteiger partial charge in [0.1, 0.15) is 25.1 Å². The number of likely N-dealkylation sites (tertiary alicyclic amines) is 1. The van der Waals surface area contributed by atoms with Crippen molar-refractivity contribution >= 4 is 11.0 Å². The zero-order valence-corrected chi connectivity index (χ0v) is 20.4. The van der Waals surface area contributed by atoms with Crippen molar-refractivity contribution in [1.82, 2.24) is 20.2 Å². The third kappa shape index (κ3) is 5.42. The van der Waals surface area contributed by atoms with E-state index in [0.29, 0.717) is 48.2 Å². The predicted molar refractivity (Wildman–Crippen MR) is 130 cm³/mol. The van der Waals surface area contributed by atoms with Crippen LogP contribution in [-0.4, -0.2) is 80.6 Å². The third-order valence-electron chi connectivity index (χ3n) is 7.03. The maximum absolute atomic E-state index is 14.6. The number of methoxy groups -OCH3 is 2. The topological polar surface area (TPSA) is 78.0 Å².